The summed E-state index contributed by atoms with van der Waals surface area (Å²) >= 11 is 0. The maximum absolute atomic E-state index is 10.7. The number of aromatic carboxylic acids is 1. The molecular weight excluding hydrogens is 202 g/mol. The van der Waals surface area contributed by atoms with Crippen LogP contribution < -0.4 is 5.73 Å². The number of benzene rings is 1. The predicted molar refractivity (Wildman–Crippen MR) is 58.0 cm³/mol. The number of hydrogen-bond donors (Lipinski definition) is 2. The normalized spacial score (nSPS) is 9.36. The van der Waals surface area contributed by atoms with Crippen molar-refractivity contribution in [2.24, 2.45) is 5.73 Å². The third-order valence-electron chi connectivity index (χ3n) is 2.13. The van der Waals surface area contributed by atoms with Gasteiger partial charge in [0.2, 0.25) is 0 Å². The molecule has 0 radical (unpaired) electrons. The molecular formula is C10H14ClNO2. The fraction of sp³-hybridized carbons (Fsp3) is 0.300. The highest BCUT2D eigenvalue weighted by Crippen LogP contribution is 2.15. The molecule has 0 atom stereocenters. The van der Waals surface area contributed by atoms with E-state index in [2.05, 4.69) is 0 Å². The summed E-state index contributed by atoms with van der Waals surface area (Å²) in [6.07, 6.45) is 0. The average molecular weight is 216 g/mol. The molecule has 0 unspecified atom stereocenters. The Kier molecular flexibility index (Phi) is 4.60. The van der Waals surface area contributed by atoms with Crippen LogP contribution in [-0.2, 0) is 6.54 Å². The van der Waals surface area contributed by atoms with Crippen molar-refractivity contribution in [2.75, 3.05) is 0 Å². The highest BCUT2D eigenvalue weighted by Gasteiger charge is 2.08. The van der Waals surface area contributed by atoms with Gasteiger partial charge in [0.05, 0.1) is 5.56 Å². The van der Waals surface area contributed by atoms with Crippen LogP contribution in [0.1, 0.15) is 27.0 Å². The maximum atomic E-state index is 10.7. The fourth-order valence-electron chi connectivity index (χ4n) is 1.33. The summed E-state index contributed by atoms with van der Waals surface area (Å²) in [7, 11) is 0. The van der Waals surface area contributed by atoms with E-state index < -0.39 is 5.97 Å². The first kappa shape index (κ1) is 12.9. The molecule has 0 fully saturated rings. The number of hydrogen-bond acceptors (Lipinski definition) is 2. The van der Waals surface area contributed by atoms with Crippen molar-refractivity contribution in [3.05, 3.63) is 34.4 Å². The molecule has 1 aromatic rings. The van der Waals surface area contributed by atoms with E-state index in [0.29, 0.717) is 12.1 Å². The number of carboxylic acids is 1. The Bertz CT molecular complexity index is 350. The van der Waals surface area contributed by atoms with E-state index in [1.807, 2.05) is 13.0 Å². The van der Waals surface area contributed by atoms with Crippen molar-refractivity contribution in [3.8, 4) is 0 Å². The molecule has 3 nitrogen and oxygen atoms in total. The molecule has 4 heteroatoms. The number of aryl methyl sites for hydroxylation is 2. The molecule has 0 saturated carbocycles. The summed E-state index contributed by atoms with van der Waals surface area (Å²) in [4.78, 5) is 10.7. The van der Waals surface area contributed by atoms with Gasteiger partial charge in [-0.1, -0.05) is 6.07 Å². The van der Waals surface area contributed by atoms with Crippen LogP contribution in [0.2, 0.25) is 0 Å². The van der Waals surface area contributed by atoms with Gasteiger partial charge in [0, 0.05) is 6.54 Å². The highest BCUT2D eigenvalue weighted by molar-refractivity contribution is 5.89. The first-order chi connectivity index (χ1) is 6.06. The molecule has 0 aliphatic carbocycles. The molecule has 1 rings (SSSR count). The van der Waals surface area contributed by atoms with Gasteiger partial charge < -0.3 is 10.8 Å². The average Bonchev–Trinajstić information content (AvgIpc) is 2.07. The minimum absolute atomic E-state index is 0. The van der Waals surface area contributed by atoms with Gasteiger partial charge in [0.1, 0.15) is 0 Å². The topological polar surface area (TPSA) is 63.3 Å². The Hall–Kier alpha value is -1.06. The molecule has 0 aliphatic heterocycles. The number of carbonyl (C=O) groups is 1. The van der Waals surface area contributed by atoms with Crippen LogP contribution in [0, 0.1) is 13.8 Å². The van der Waals surface area contributed by atoms with E-state index in [9.17, 15) is 4.79 Å². The first-order valence-corrected chi connectivity index (χ1v) is 4.09. The van der Waals surface area contributed by atoms with Gasteiger partial charge in [-0.3, -0.25) is 0 Å². The third kappa shape index (κ3) is 2.47. The molecule has 0 spiro atoms. The zero-order valence-corrected chi connectivity index (χ0v) is 9.02. The van der Waals surface area contributed by atoms with E-state index in [1.54, 1.807) is 13.0 Å². The molecule has 0 bridgehead atoms. The van der Waals surface area contributed by atoms with Gasteiger partial charge in [-0.25, -0.2) is 4.79 Å². The van der Waals surface area contributed by atoms with Crippen molar-refractivity contribution < 1.29 is 9.90 Å². The van der Waals surface area contributed by atoms with E-state index in [1.165, 1.54) is 0 Å². The summed E-state index contributed by atoms with van der Waals surface area (Å²) in [6.45, 7) is 4.10. The van der Waals surface area contributed by atoms with Crippen LogP contribution in [0.15, 0.2) is 12.1 Å². The van der Waals surface area contributed by atoms with Crippen molar-refractivity contribution >= 4 is 18.4 Å². The molecule has 1 aromatic carbocycles. The minimum Gasteiger partial charge on any atom is -0.478 e. The van der Waals surface area contributed by atoms with Crippen LogP contribution in [0.25, 0.3) is 0 Å². The van der Waals surface area contributed by atoms with Crippen molar-refractivity contribution in [3.63, 3.8) is 0 Å². The smallest absolute Gasteiger partial charge is 0.335 e. The Morgan fingerprint density at radius 2 is 1.93 bits per heavy atom. The van der Waals surface area contributed by atoms with Gasteiger partial charge in [-0.05, 0) is 36.6 Å². The second kappa shape index (κ2) is 4.98. The molecule has 78 valence electrons. The van der Waals surface area contributed by atoms with E-state index >= 15 is 0 Å². The minimum atomic E-state index is -0.885. The summed E-state index contributed by atoms with van der Waals surface area (Å²) in [6, 6.07) is 3.50. The van der Waals surface area contributed by atoms with Crippen LogP contribution in [0.4, 0.5) is 0 Å². The molecule has 14 heavy (non-hydrogen) atoms. The monoisotopic (exact) mass is 215 g/mol. The zero-order valence-electron chi connectivity index (χ0n) is 8.20. The van der Waals surface area contributed by atoms with Gasteiger partial charge in [0.15, 0.2) is 0 Å². The zero-order chi connectivity index (χ0) is 10.0. The Labute approximate surface area is 89.3 Å². The van der Waals surface area contributed by atoms with Crippen molar-refractivity contribution in [1.82, 2.24) is 0 Å². The number of halogens is 1. The molecule has 0 aromatic heterocycles. The SMILES string of the molecule is Cc1cc(C(=O)O)c(C)cc1CN.Cl. The Balaban J connectivity index is 0.00000169. The van der Waals surface area contributed by atoms with Gasteiger partial charge >= 0.3 is 5.97 Å². The third-order valence-corrected chi connectivity index (χ3v) is 2.13. The highest BCUT2D eigenvalue weighted by atomic mass is 35.5. The second-order valence-electron chi connectivity index (χ2n) is 3.10. The summed E-state index contributed by atoms with van der Waals surface area (Å²) in [5.41, 5.74) is 8.56. The Morgan fingerprint density at radius 1 is 1.36 bits per heavy atom. The molecule has 3 N–H and O–H groups in total. The quantitative estimate of drug-likeness (QED) is 0.792. The first-order valence-electron chi connectivity index (χ1n) is 4.09. The molecule has 0 saturated heterocycles. The lowest BCUT2D eigenvalue weighted by Crippen LogP contribution is -2.05. The summed E-state index contributed by atoms with van der Waals surface area (Å²) in [5, 5.41) is 8.82. The summed E-state index contributed by atoms with van der Waals surface area (Å²) < 4.78 is 0. The van der Waals surface area contributed by atoms with Gasteiger partial charge in [-0.2, -0.15) is 0 Å². The van der Waals surface area contributed by atoms with Crippen LogP contribution in [-0.4, -0.2) is 11.1 Å². The van der Waals surface area contributed by atoms with Gasteiger partial charge in [-0.15, -0.1) is 12.4 Å². The largest absolute Gasteiger partial charge is 0.478 e. The molecule has 0 amide bonds. The van der Waals surface area contributed by atoms with Crippen LogP contribution in [0.5, 0.6) is 0 Å². The standard InChI is InChI=1S/C10H13NO2.ClH/c1-6-4-9(10(12)13)7(2)3-8(6)5-11;/h3-4H,5,11H2,1-2H3,(H,12,13);1H. The van der Waals surface area contributed by atoms with Gasteiger partial charge in [0.25, 0.3) is 0 Å². The lowest BCUT2D eigenvalue weighted by Gasteiger charge is -2.07. The van der Waals surface area contributed by atoms with Crippen LogP contribution >= 0.6 is 12.4 Å². The van der Waals surface area contributed by atoms with Crippen molar-refractivity contribution in [2.45, 2.75) is 20.4 Å². The molecule has 0 heterocycles. The lowest BCUT2D eigenvalue weighted by atomic mass is 10.0. The summed E-state index contributed by atoms with van der Waals surface area (Å²) in [5.74, 6) is -0.885. The number of rotatable bonds is 2. The lowest BCUT2D eigenvalue weighted by molar-refractivity contribution is 0.0696. The second-order valence-corrected chi connectivity index (χ2v) is 3.10. The van der Waals surface area contributed by atoms with E-state index in [0.717, 1.165) is 16.7 Å². The maximum Gasteiger partial charge on any atom is 0.335 e. The number of nitrogens with two attached hydrogens (primary N) is 1. The Morgan fingerprint density at radius 3 is 2.36 bits per heavy atom. The van der Waals surface area contributed by atoms with Crippen LogP contribution in [0.3, 0.4) is 0 Å². The predicted octanol–water partition coefficient (Wildman–Crippen LogP) is 1.88. The van der Waals surface area contributed by atoms with E-state index in [-0.39, 0.29) is 12.4 Å². The fourth-order valence-corrected chi connectivity index (χ4v) is 1.33. The number of carboxylic acid groups (broad SMARTS) is 1. The molecule has 0 aliphatic rings. The van der Waals surface area contributed by atoms with Crippen molar-refractivity contribution in [1.29, 1.82) is 0 Å². The van der Waals surface area contributed by atoms with E-state index in [4.69, 9.17) is 10.8 Å².